The van der Waals surface area contributed by atoms with Crippen molar-refractivity contribution in [3.8, 4) is 34.5 Å². The molecule has 9 rings (SSSR count). The van der Waals surface area contributed by atoms with Gasteiger partial charge in [0, 0.05) is 75.9 Å². The molecule has 0 bridgehead atoms. The molecule has 2 aliphatic heterocycles. The number of hydrogen-bond donors (Lipinski definition) is 1. The number of ether oxygens (including phenoxy) is 5. The fourth-order valence-electron chi connectivity index (χ4n) is 9.02. The van der Waals surface area contributed by atoms with Crippen LogP contribution in [0.3, 0.4) is 0 Å². The minimum absolute atomic E-state index is 0.0747. The molecule has 0 radical (unpaired) electrons. The highest BCUT2D eigenvalue weighted by Crippen LogP contribution is 2.42. The third-order valence-corrected chi connectivity index (χ3v) is 12.3. The highest BCUT2D eigenvalue weighted by molar-refractivity contribution is 5.80. The first-order valence-electron chi connectivity index (χ1n) is 20.4. The Balaban J connectivity index is 1.11. The summed E-state index contributed by atoms with van der Waals surface area (Å²) in [7, 11) is 10.5. The normalized spacial score (nSPS) is 15.3. The van der Waals surface area contributed by atoms with E-state index in [1.165, 1.54) is 75.5 Å². The number of methoxy groups -OCH3 is 5. The summed E-state index contributed by atoms with van der Waals surface area (Å²) in [5.41, 5.74) is -0.743. The van der Waals surface area contributed by atoms with Crippen molar-refractivity contribution in [1.29, 1.82) is 0 Å². The van der Waals surface area contributed by atoms with Crippen LogP contribution in [0.15, 0.2) is 82.9 Å². The highest BCUT2D eigenvalue weighted by Gasteiger charge is 2.42. The molecule has 2 aliphatic rings. The quantitative estimate of drug-likeness (QED) is 0.164. The van der Waals surface area contributed by atoms with Gasteiger partial charge in [-0.25, -0.2) is 57.0 Å². The lowest BCUT2D eigenvalue weighted by Gasteiger charge is -2.38. The predicted molar refractivity (Wildman–Crippen MR) is 233 cm³/mol. The Labute approximate surface area is 366 Å². The molecule has 0 aliphatic carbocycles. The fourth-order valence-corrected chi connectivity index (χ4v) is 9.02. The largest absolute Gasteiger partial charge is 0.508 e. The number of fused-ring (bicyclic) bond motifs is 6. The maximum absolute atomic E-state index is 14.6. The Morgan fingerprint density at radius 2 is 1.08 bits per heavy atom. The van der Waals surface area contributed by atoms with Crippen molar-refractivity contribution >= 4 is 22.1 Å². The van der Waals surface area contributed by atoms with Gasteiger partial charge in [0.2, 0.25) is 0 Å². The molecule has 1 N–H and O–H groups in total. The lowest BCUT2D eigenvalue weighted by molar-refractivity contribution is 0.243. The van der Waals surface area contributed by atoms with Gasteiger partial charge in [0.1, 0.15) is 28.9 Å². The van der Waals surface area contributed by atoms with E-state index in [-0.39, 0.29) is 61.9 Å². The van der Waals surface area contributed by atoms with Crippen LogP contribution in [0.4, 0.5) is 0 Å². The number of aryl methyl sites for hydroxylation is 4. The van der Waals surface area contributed by atoms with Crippen molar-refractivity contribution in [2.45, 2.75) is 51.1 Å². The molecule has 3 aromatic carbocycles. The Kier molecular flexibility index (Phi) is 10.4. The number of nitrogens with zero attached hydrogens (tertiary/aromatic N) is 10. The average molecular weight is 893 g/mol. The molecule has 0 amide bonds. The summed E-state index contributed by atoms with van der Waals surface area (Å²) in [5, 5.41) is 10.4. The number of rotatable bonds is 12. The van der Waals surface area contributed by atoms with E-state index >= 15 is 0 Å². The standard InChI is InChI=1S/C43H44N10O12/c1-46-29-19-35(64-6)33(62-4)17-27(29)44-25(38(46)55)11-13-48-40(57)50-15-10-23-31(52(50)42(48)59)21-51-41(58)49(43(60)53(51)37(23)24-9-8-22(54)16-32(24)61-3)14-12-26-39(56)47(2)30-20-36(65-7)34(63-5)18-28(30)45-26/h8-10,16-20,31,37,54H,11-15,21H2,1-7H3/t31-,37-/m1/s1. The van der Waals surface area contributed by atoms with Gasteiger partial charge in [-0.1, -0.05) is 6.08 Å². The number of phenolic OH excluding ortho intramolecular Hbond substituents is 1. The summed E-state index contributed by atoms with van der Waals surface area (Å²) in [5.74, 6) is 1.70. The maximum Gasteiger partial charge on any atom is 0.348 e. The molecule has 0 saturated heterocycles. The Hall–Kier alpha value is -8.04. The van der Waals surface area contributed by atoms with Crippen LogP contribution in [0.25, 0.3) is 22.1 Å². The summed E-state index contributed by atoms with van der Waals surface area (Å²) in [4.78, 5) is 93.8. The van der Waals surface area contributed by atoms with Crippen LogP contribution in [-0.4, -0.2) is 87.6 Å². The lowest BCUT2D eigenvalue weighted by atomic mass is 9.89. The Morgan fingerprint density at radius 1 is 0.600 bits per heavy atom. The number of hydrogen-bond acceptors (Lipinski definition) is 14. The third kappa shape index (κ3) is 6.53. The highest BCUT2D eigenvalue weighted by atomic mass is 16.5. The molecule has 7 aromatic rings. The minimum atomic E-state index is -1.06. The minimum Gasteiger partial charge on any atom is -0.508 e. The van der Waals surface area contributed by atoms with Crippen LogP contribution >= 0.6 is 0 Å². The SMILES string of the molecule is COc1cc2nc(CCn3c(=O)n4n(c3=O)[C@@H]3Cn5c(=O)n(CCc6nc7cc(OC)c(OC)cc7n(C)c6=O)c(=O)n5[C@@H](c5ccc(O)cc5OC)C3=CC4)c(=O)n(C)c2cc1OC. The Bertz CT molecular complexity index is 3530. The van der Waals surface area contributed by atoms with Gasteiger partial charge in [-0.2, -0.15) is 0 Å². The first-order chi connectivity index (χ1) is 31.2. The second-order valence-electron chi connectivity index (χ2n) is 15.6. The second-order valence-corrected chi connectivity index (χ2v) is 15.6. The van der Waals surface area contributed by atoms with Crippen LogP contribution in [0.1, 0.15) is 29.0 Å². The second kappa shape index (κ2) is 15.9. The lowest BCUT2D eigenvalue weighted by Crippen LogP contribution is -2.47. The molecule has 2 atom stereocenters. The number of aromatic nitrogens is 10. The van der Waals surface area contributed by atoms with Gasteiger partial charge < -0.3 is 37.9 Å². The van der Waals surface area contributed by atoms with Crippen molar-refractivity contribution in [2.24, 2.45) is 14.1 Å². The topological polar surface area (TPSA) is 234 Å². The van der Waals surface area contributed by atoms with Crippen LogP contribution in [0.5, 0.6) is 34.5 Å². The van der Waals surface area contributed by atoms with Crippen LogP contribution in [0, 0.1) is 0 Å². The zero-order valence-electron chi connectivity index (χ0n) is 36.4. The van der Waals surface area contributed by atoms with Crippen molar-refractivity contribution < 1.29 is 28.8 Å². The number of benzene rings is 3. The molecule has 65 heavy (non-hydrogen) atoms. The molecule has 0 unspecified atom stereocenters. The molecule has 0 fully saturated rings. The van der Waals surface area contributed by atoms with Gasteiger partial charge in [0.25, 0.3) is 11.1 Å². The molecule has 0 spiro atoms. The smallest absolute Gasteiger partial charge is 0.348 e. The average Bonchev–Trinajstić information content (AvgIpc) is 3.70. The van der Waals surface area contributed by atoms with Crippen LogP contribution in [-0.2, 0) is 53.1 Å². The van der Waals surface area contributed by atoms with Crippen molar-refractivity contribution in [3.05, 3.63) is 134 Å². The van der Waals surface area contributed by atoms with E-state index in [9.17, 15) is 33.9 Å². The van der Waals surface area contributed by atoms with Gasteiger partial charge in [-0.3, -0.25) is 9.59 Å². The van der Waals surface area contributed by atoms with Crippen LogP contribution in [0.2, 0.25) is 0 Å². The number of phenols is 1. The maximum atomic E-state index is 14.6. The van der Waals surface area contributed by atoms with Gasteiger partial charge in [0.05, 0.1) is 76.7 Å². The molecule has 22 heteroatoms. The van der Waals surface area contributed by atoms with E-state index in [1.807, 2.05) is 0 Å². The zero-order chi connectivity index (χ0) is 46.2. The summed E-state index contributed by atoms with van der Waals surface area (Å²) in [6, 6.07) is 8.87. The molecule has 338 valence electrons. The van der Waals surface area contributed by atoms with Gasteiger partial charge >= 0.3 is 22.8 Å². The molecular weight excluding hydrogens is 849 g/mol. The summed E-state index contributed by atoms with van der Waals surface area (Å²) < 4.78 is 37.2. The van der Waals surface area contributed by atoms with Crippen molar-refractivity contribution in [2.75, 3.05) is 35.5 Å². The zero-order valence-corrected chi connectivity index (χ0v) is 36.4. The Morgan fingerprint density at radius 3 is 1.58 bits per heavy atom. The monoisotopic (exact) mass is 892 g/mol. The first kappa shape index (κ1) is 42.3. The van der Waals surface area contributed by atoms with Crippen LogP contribution < -0.4 is 57.6 Å². The summed E-state index contributed by atoms with van der Waals surface area (Å²) in [6.07, 6.45) is 1.56. The van der Waals surface area contributed by atoms with E-state index in [4.69, 9.17) is 23.7 Å². The number of aromatic hydroxyl groups is 1. The first-order valence-corrected chi connectivity index (χ1v) is 20.4. The van der Waals surface area contributed by atoms with Gasteiger partial charge in [0.15, 0.2) is 23.0 Å². The van der Waals surface area contributed by atoms with E-state index < -0.39 is 46.0 Å². The predicted octanol–water partition coefficient (Wildman–Crippen LogP) is 0.449. The fraction of sp³-hybridized carbons (Fsp3) is 0.349. The van der Waals surface area contributed by atoms with E-state index in [1.54, 1.807) is 50.5 Å². The molecule has 4 aromatic heterocycles. The molecule has 0 saturated carbocycles. The van der Waals surface area contributed by atoms with Gasteiger partial charge in [-0.05, 0) is 17.7 Å². The van der Waals surface area contributed by atoms with Crippen molar-refractivity contribution in [3.63, 3.8) is 0 Å². The third-order valence-electron chi connectivity index (χ3n) is 12.3. The van der Waals surface area contributed by atoms with E-state index in [0.29, 0.717) is 56.2 Å². The van der Waals surface area contributed by atoms with Crippen molar-refractivity contribution in [1.82, 2.24) is 47.0 Å². The summed E-state index contributed by atoms with van der Waals surface area (Å²) in [6.45, 7) is -0.747. The van der Waals surface area contributed by atoms with E-state index in [0.717, 1.165) is 9.13 Å². The number of allylic oxidation sites excluding steroid dienone is 2. The van der Waals surface area contributed by atoms with Gasteiger partial charge in [-0.15, -0.1) is 0 Å². The van der Waals surface area contributed by atoms with E-state index in [2.05, 4.69) is 9.97 Å². The molecular formula is C43H44N10O12. The molecule has 22 nitrogen and oxygen atoms in total. The molecule has 6 heterocycles. The summed E-state index contributed by atoms with van der Waals surface area (Å²) >= 11 is 0.